The predicted molar refractivity (Wildman–Crippen MR) is 109 cm³/mol. The number of hydrogen-bond donors (Lipinski definition) is 1. The summed E-state index contributed by atoms with van der Waals surface area (Å²) in [7, 11) is -3.53. The topological polar surface area (TPSA) is 88.8 Å². The fourth-order valence-corrected chi connectivity index (χ4v) is 5.55. The first-order chi connectivity index (χ1) is 14.0. The normalized spacial score (nSPS) is 19.9. The van der Waals surface area contributed by atoms with Gasteiger partial charge in [-0.3, -0.25) is 4.79 Å². The Labute approximate surface area is 171 Å². The van der Waals surface area contributed by atoms with Gasteiger partial charge >= 0.3 is 0 Å². The lowest BCUT2D eigenvalue weighted by Gasteiger charge is -2.21. The average Bonchev–Trinajstić information content (AvgIpc) is 2.97. The quantitative estimate of drug-likeness (QED) is 0.803. The first-order valence-electron chi connectivity index (χ1n) is 10.4. The van der Waals surface area contributed by atoms with Crippen LogP contribution in [0, 0.1) is 5.92 Å². The van der Waals surface area contributed by atoms with E-state index >= 15 is 0 Å². The largest absolute Gasteiger partial charge is 0.451 e. The highest BCUT2D eigenvalue weighted by Gasteiger charge is 2.26. The van der Waals surface area contributed by atoms with Gasteiger partial charge in [0.15, 0.2) is 5.76 Å². The summed E-state index contributed by atoms with van der Waals surface area (Å²) in [6, 6.07) is 6.43. The van der Waals surface area contributed by atoms with Gasteiger partial charge in [-0.05, 0) is 55.9 Å². The van der Waals surface area contributed by atoms with Crippen molar-refractivity contribution in [2.24, 2.45) is 5.92 Å². The number of benzene rings is 1. The van der Waals surface area contributed by atoms with Crippen LogP contribution in [0.5, 0.6) is 0 Å². The highest BCUT2D eigenvalue weighted by molar-refractivity contribution is 7.89. The zero-order chi connectivity index (χ0) is 20.3. The third-order valence-corrected chi connectivity index (χ3v) is 7.70. The molecule has 8 heteroatoms. The minimum atomic E-state index is -3.53. The first-order valence-corrected chi connectivity index (χ1v) is 11.9. The lowest BCUT2D eigenvalue weighted by Crippen LogP contribution is -2.31. The van der Waals surface area contributed by atoms with E-state index in [0.29, 0.717) is 36.5 Å². The van der Waals surface area contributed by atoms with Gasteiger partial charge < -0.3 is 14.5 Å². The molecule has 3 heterocycles. The van der Waals surface area contributed by atoms with Crippen LogP contribution in [0.1, 0.15) is 49.1 Å². The number of carbonyl (C=O) groups is 1. The number of amides is 1. The Kier molecular flexibility index (Phi) is 6.22. The van der Waals surface area contributed by atoms with E-state index in [1.54, 1.807) is 28.6 Å². The second kappa shape index (κ2) is 8.85. The van der Waals surface area contributed by atoms with Crippen molar-refractivity contribution in [3.8, 4) is 0 Å². The predicted octanol–water partition coefficient (Wildman–Crippen LogP) is 3.15. The summed E-state index contributed by atoms with van der Waals surface area (Å²) >= 11 is 0. The van der Waals surface area contributed by atoms with Crippen LogP contribution in [-0.2, 0) is 14.8 Å². The van der Waals surface area contributed by atoms with E-state index in [4.69, 9.17) is 9.15 Å². The Hall–Kier alpha value is -1.90. The lowest BCUT2D eigenvalue weighted by molar-refractivity contribution is 0.0639. The molecule has 0 spiro atoms. The second-order valence-electron chi connectivity index (χ2n) is 7.89. The summed E-state index contributed by atoms with van der Waals surface area (Å²) < 4.78 is 38.6. The van der Waals surface area contributed by atoms with Crippen LogP contribution in [0.3, 0.4) is 0 Å². The Morgan fingerprint density at radius 3 is 2.52 bits per heavy atom. The molecule has 1 amide bonds. The molecule has 2 aliphatic rings. The third-order valence-electron chi connectivity index (χ3n) is 5.81. The number of rotatable bonds is 5. The van der Waals surface area contributed by atoms with E-state index in [2.05, 4.69) is 5.32 Å². The van der Waals surface area contributed by atoms with Crippen LogP contribution in [0.2, 0.25) is 0 Å². The number of ether oxygens (including phenoxy) is 1. The smallest absolute Gasteiger partial charge is 0.287 e. The van der Waals surface area contributed by atoms with E-state index in [1.165, 1.54) is 0 Å². The molecule has 2 fully saturated rings. The van der Waals surface area contributed by atoms with Crippen molar-refractivity contribution < 1.29 is 22.4 Å². The molecular formula is C21H28N2O5S. The summed E-state index contributed by atoms with van der Waals surface area (Å²) in [5, 5.41) is 3.54. The molecule has 0 bridgehead atoms. The molecule has 4 rings (SSSR count). The Balaban J connectivity index is 1.49. The summed E-state index contributed by atoms with van der Waals surface area (Å²) in [5.41, 5.74) is 0.510. The Bertz CT molecular complexity index is 955. The van der Waals surface area contributed by atoms with Crippen LogP contribution in [0.25, 0.3) is 11.0 Å². The Morgan fingerprint density at radius 1 is 1.07 bits per heavy atom. The van der Waals surface area contributed by atoms with Crippen molar-refractivity contribution in [3.63, 3.8) is 0 Å². The second-order valence-corrected chi connectivity index (χ2v) is 9.83. The number of hydrogen-bond acceptors (Lipinski definition) is 5. The van der Waals surface area contributed by atoms with Gasteiger partial charge in [0.2, 0.25) is 10.0 Å². The molecule has 2 aromatic rings. The maximum Gasteiger partial charge on any atom is 0.287 e. The van der Waals surface area contributed by atoms with Crippen molar-refractivity contribution in [1.82, 2.24) is 9.62 Å². The molecule has 1 aromatic carbocycles. The van der Waals surface area contributed by atoms with Gasteiger partial charge in [-0.25, -0.2) is 8.42 Å². The molecule has 1 aromatic heterocycles. The SMILES string of the molecule is O=C(NCC1CCOCC1)c1cc2cc(S(=O)(=O)N3CCCCCC3)ccc2o1. The maximum atomic E-state index is 13.0. The highest BCUT2D eigenvalue weighted by Crippen LogP contribution is 2.26. The standard InChI is InChI=1S/C21H28N2O5S/c24-21(22-15-16-7-11-27-12-8-16)20-14-17-13-18(5-6-19(17)28-20)29(25,26)23-9-3-1-2-4-10-23/h5-6,13-14,16H,1-4,7-12,15H2,(H,22,24). The van der Waals surface area contributed by atoms with E-state index in [-0.39, 0.29) is 16.6 Å². The molecular weight excluding hydrogens is 392 g/mol. The number of nitrogens with zero attached hydrogens (tertiary/aromatic N) is 1. The van der Waals surface area contributed by atoms with Crippen molar-refractivity contribution in [2.75, 3.05) is 32.8 Å². The van der Waals surface area contributed by atoms with Crippen LogP contribution >= 0.6 is 0 Å². The summed E-state index contributed by atoms with van der Waals surface area (Å²) in [5.74, 6) is 0.350. The van der Waals surface area contributed by atoms with Gasteiger partial charge in [-0.2, -0.15) is 4.31 Å². The van der Waals surface area contributed by atoms with Crippen LogP contribution < -0.4 is 5.32 Å². The van der Waals surface area contributed by atoms with Gasteiger partial charge in [0.1, 0.15) is 5.58 Å². The van der Waals surface area contributed by atoms with Crippen molar-refractivity contribution in [2.45, 2.75) is 43.4 Å². The van der Waals surface area contributed by atoms with Crippen LogP contribution in [0.15, 0.2) is 33.6 Å². The Morgan fingerprint density at radius 2 is 1.79 bits per heavy atom. The maximum absolute atomic E-state index is 13.0. The fraction of sp³-hybridized carbons (Fsp3) is 0.571. The number of sulfonamides is 1. The van der Waals surface area contributed by atoms with E-state index in [0.717, 1.165) is 51.7 Å². The van der Waals surface area contributed by atoms with Crippen molar-refractivity contribution in [3.05, 3.63) is 30.0 Å². The average molecular weight is 421 g/mol. The zero-order valence-electron chi connectivity index (χ0n) is 16.6. The molecule has 2 aliphatic heterocycles. The van der Waals surface area contributed by atoms with Crippen molar-refractivity contribution in [1.29, 1.82) is 0 Å². The van der Waals surface area contributed by atoms with Gasteiger partial charge in [0.25, 0.3) is 5.91 Å². The molecule has 0 atom stereocenters. The van der Waals surface area contributed by atoms with E-state index < -0.39 is 10.0 Å². The van der Waals surface area contributed by atoms with Crippen LogP contribution in [-0.4, -0.2) is 51.5 Å². The van der Waals surface area contributed by atoms with Crippen LogP contribution in [0.4, 0.5) is 0 Å². The minimum absolute atomic E-state index is 0.205. The molecule has 0 radical (unpaired) electrons. The lowest BCUT2D eigenvalue weighted by atomic mass is 10.0. The number of furan rings is 1. The number of nitrogens with one attached hydrogen (secondary N) is 1. The first kappa shape index (κ1) is 20.4. The highest BCUT2D eigenvalue weighted by atomic mass is 32.2. The molecule has 0 aliphatic carbocycles. The fourth-order valence-electron chi connectivity index (χ4n) is 4.00. The minimum Gasteiger partial charge on any atom is -0.451 e. The molecule has 158 valence electrons. The van der Waals surface area contributed by atoms with E-state index in [1.807, 2.05) is 0 Å². The molecule has 29 heavy (non-hydrogen) atoms. The van der Waals surface area contributed by atoms with Gasteiger partial charge in [0.05, 0.1) is 4.90 Å². The molecule has 1 N–H and O–H groups in total. The molecule has 7 nitrogen and oxygen atoms in total. The molecule has 0 saturated carbocycles. The molecule has 0 unspecified atom stereocenters. The van der Waals surface area contributed by atoms with Crippen molar-refractivity contribution >= 4 is 26.9 Å². The summed E-state index contributed by atoms with van der Waals surface area (Å²) in [4.78, 5) is 12.7. The number of carbonyl (C=O) groups excluding carboxylic acids is 1. The summed E-state index contributed by atoms with van der Waals surface area (Å²) in [6.07, 6.45) is 5.81. The van der Waals surface area contributed by atoms with Gasteiger partial charge in [0, 0.05) is 38.2 Å². The number of fused-ring (bicyclic) bond motifs is 1. The summed E-state index contributed by atoms with van der Waals surface area (Å²) in [6.45, 7) is 3.18. The monoisotopic (exact) mass is 420 g/mol. The molecule has 2 saturated heterocycles. The van der Waals surface area contributed by atoms with E-state index in [9.17, 15) is 13.2 Å². The third kappa shape index (κ3) is 4.65. The van der Waals surface area contributed by atoms with Gasteiger partial charge in [-0.1, -0.05) is 12.8 Å². The van der Waals surface area contributed by atoms with Gasteiger partial charge in [-0.15, -0.1) is 0 Å². The zero-order valence-corrected chi connectivity index (χ0v) is 17.4.